The van der Waals surface area contributed by atoms with Crippen LogP contribution in [0.15, 0.2) is 42.5 Å². The maximum Gasteiger partial charge on any atom is 0.279 e. The number of quaternary nitrogens is 1. The monoisotopic (exact) mass is 386 g/mol. The van der Waals surface area contributed by atoms with Gasteiger partial charge in [-0.05, 0) is 42.8 Å². The fourth-order valence-corrected chi connectivity index (χ4v) is 5.02. The Morgan fingerprint density at radius 2 is 2.19 bits per heavy atom. The Morgan fingerprint density at radius 3 is 3.00 bits per heavy atom. The smallest absolute Gasteiger partial charge is 0.279 e. The molecule has 0 spiro atoms. The first-order valence-corrected chi connectivity index (χ1v) is 10.1. The van der Waals surface area contributed by atoms with Gasteiger partial charge < -0.3 is 10.2 Å². The van der Waals surface area contributed by atoms with Gasteiger partial charge in [-0.15, -0.1) is 11.3 Å². The summed E-state index contributed by atoms with van der Waals surface area (Å²) in [5.74, 6) is 0.0402. The van der Waals surface area contributed by atoms with Gasteiger partial charge in [0.1, 0.15) is 6.04 Å². The largest absolute Gasteiger partial charge is 0.321 e. The van der Waals surface area contributed by atoms with E-state index in [1.54, 1.807) is 17.4 Å². The van der Waals surface area contributed by atoms with E-state index in [-0.39, 0.29) is 5.91 Å². The van der Waals surface area contributed by atoms with Gasteiger partial charge in [0.2, 0.25) is 0 Å². The van der Waals surface area contributed by atoms with Crippen molar-refractivity contribution in [2.24, 2.45) is 0 Å². The zero-order chi connectivity index (χ0) is 18.1. The molecule has 0 aliphatic carbocycles. The topological polar surface area (TPSA) is 46.4 Å². The number of rotatable bonds is 4. The molecule has 6 heteroatoms. The van der Waals surface area contributed by atoms with E-state index in [0.717, 1.165) is 41.2 Å². The minimum absolute atomic E-state index is 0.0402. The van der Waals surface area contributed by atoms with E-state index in [2.05, 4.69) is 17.4 Å². The van der Waals surface area contributed by atoms with Crippen LogP contribution >= 0.6 is 22.9 Å². The van der Waals surface area contributed by atoms with Gasteiger partial charge in [-0.25, -0.2) is 4.98 Å². The number of nitrogens with zero attached hydrogens (tertiary/aromatic N) is 1. The highest BCUT2D eigenvalue weighted by atomic mass is 35.5. The summed E-state index contributed by atoms with van der Waals surface area (Å²) in [5.41, 5.74) is 2.86. The third-order valence-corrected chi connectivity index (χ3v) is 6.33. The predicted molar refractivity (Wildman–Crippen MR) is 107 cm³/mol. The first kappa shape index (κ1) is 17.5. The number of benzene rings is 2. The van der Waals surface area contributed by atoms with Crippen LogP contribution in [0.4, 0.5) is 5.69 Å². The van der Waals surface area contributed by atoms with Crippen molar-refractivity contribution in [1.29, 1.82) is 0 Å². The highest BCUT2D eigenvalue weighted by Gasteiger charge is 2.34. The fraction of sp³-hybridized carbons (Fsp3) is 0.300. The number of amides is 1. The lowest BCUT2D eigenvalue weighted by Gasteiger charge is -2.19. The van der Waals surface area contributed by atoms with Gasteiger partial charge in [0, 0.05) is 23.6 Å². The van der Waals surface area contributed by atoms with Crippen LogP contribution in [0.1, 0.15) is 29.5 Å². The molecule has 1 aliphatic rings. The minimum atomic E-state index is 0.0402. The summed E-state index contributed by atoms with van der Waals surface area (Å²) in [6.07, 6.45) is 2.21. The number of carbonyl (C=O) groups is 1. The zero-order valence-electron chi connectivity index (χ0n) is 14.6. The Bertz CT molecular complexity index is 922. The molecule has 2 N–H and O–H groups in total. The van der Waals surface area contributed by atoms with Crippen molar-refractivity contribution in [2.75, 3.05) is 18.4 Å². The van der Waals surface area contributed by atoms with Crippen LogP contribution in [0, 0.1) is 6.92 Å². The summed E-state index contributed by atoms with van der Waals surface area (Å²) in [4.78, 5) is 18.7. The summed E-state index contributed by atoms with van der Waals surface area (Å²) in [6.45, 7) is 3.42. The fourth-order valence-electron chi connectivity index (χ4n) is 3.63. The van der Waals surface area contributed by atoms with Crippen molar-refractivity contribution >= 4 is 44.7 Å². The summed E-state index contributed by atoms with van der Waals surface area (Å²) in [6, 6.07) is 14.1. The molecule has 26 heavy (non-hydrogen) atoms. The number of hydrogen-bond acceptors (Lipinski definition) is 3. The molecule has 0 bridgehead atoms. The first-order valence-electron chi connectivity index (χ1n) is 8.86. The summed E-state index contributed by atoms with van der Waals surface area (Å²) >= 11 is 7.74. The number of carbonyl (C=O) groups excluding carboxylic acids is 1. The van der Waals surface area contributed by atoms with Crippen molar-refractivity contribution in [2.45, 2.75) is 25.8 Å². The predicted octanol–water partition coefficient (Wildman–Crippen LogP) is 3.62. The molecule has 1 fully saturated rings. The summed E-state index contributed by atoms with van der Waals surface area (Å²) < 4.78 is 1.22. The van der Waals surface area contributed by atoms with Gasteiger partial charge in [-0.3, -0.25) is 4.79 Å². The number of aromatic nitrogens is 1. The average molecular weight is 387 g/mol. The second-order valence-electron chi connectivity index (χ2n) is 6.81. The maximum absolute atomic E-state index is 12.6. The first-order chi connectivity index (χ1) is 12.6. The molecule has 2 aromatic carbocycles. The van der Waals surface area contributed by atoms with Crippen LogP contribution in [-0.2, 0) is 4.79 Å². The molecule has 3 aromatic rings. The number of anilines is 1. The number of thiazole rings is 1. The van der Waals surface area contributed by atoms with Gasteiger partial charge in [0.25, 0.3) is 5.91 Å². The molecule has 1 saturated heterocycles. The second-order valence-corrected chi connectivity index (χ2v) is 8.31. The summed E-state index contributed by atoms with van der Waals surface area (Å²) in [5, 5.41) is 4.86. The zero-order valence-corrected chi connectivity index (χ0v) is 16.2. The molecule has 4 nitrogen and oxygen atoms in total. The van der Waals surface area contributed by atoms with Gasteiger partial charge in [-0.1, -0.05) is 23.7 Å². The van der Waals surface area contributed by atoms with Crippen molar-refractivity contribution < 1.29 is 9.69 Å². The standard InChI is InChI=1S/C20H20ClN3OS/c1-13-11-14(21)8-9-15(13)22-19(25)12-24-10-4-6-17(24)20-23-16-5-2-3-7-18(16)26-20/h2-3,5,7-9,11,17H,4,6,10,12H2,1H3,(H,22,25)/p+1/t17-/m1/s1. The van der Waals surface area contributed by atoms with E-state index in [9.17, 15) is 4.79 Å². The van der Waals surface area contributed by atoms with Gasteiger partial charge in [0.15, 0.2) is 11.6 Å². The van der Waals surface area contributed by atoms with Crippen molar-refractivity contribution in [1.82, 2.24) is 4.98 Å². The molecule has 2 heterocycles. The maximum atomic E-state index is 12.6. The Labute approximate surface area is 161 Å². The molecule has 4 rings (SSSR count). The average Bonchev–Trinajstić information content (AvgIpc) is 3.23. The van der Waals surface area contributed by atoms with Crippen molar-refractivity contribution in [3.8, 4) is 0 Å². The van der Waals surface area contributed by atoms with Crippen molar-refractivity contribution in [3.63, 3.8) is 0 Å². The molecular weight excluding hydrogens is 366 g/mol. The lowest BCUT2D eigenvalue weighted by molar-refractivity contribution is -0.910. The third kappa shape index (κ3) is 3.61. The van der Waals surface area contributed by atoms with Crippen LogP contribution in [0.3, 0.4) is 0 Å². The van der Waals surface area contributed by atoms with Crippen LogP contribution < -0.4 is 10.2 Å². The lowest BCUT2D eigenvalue weighted by atomic mass is 10.2. The highest BCUT2D eigenvalue weighted by molar-refractivity contribution is 7.18. The van der Waals surface area contributed by atoms with E-state index in [1.165, 1.54) is 9.60 Å². The lowest BCUT2D eigenvalue weighted by Crippen LogP contribution is -3.11. The molecule has 1 aromatic heterocycles. The van der Waals surface area contributed by atoms with Gasteiger partial charge >= 0.3 is 0 Å². The Hall–Kier alpha value is -1.95. The molecule has 134 valence electrons. The van der Waals surface area contributed by atoms with Gasteiger partial charge in [0.05, 0.1) is 16.8 Å². The number of likely N-dealkylation sites (tertiary alicyclic amines) is 1. The number of aryl methyl sites for hydroxylation is 1. The van der Waals surface area contributed by atoms with E-state index < -0.39 is 0 Å². The molecule has 1 unspecified atom stereocenters. The van der Waals surface area contributed by atoms with Crippen LogP contribution in [0.2, 0.25) is 5.02 Å². The van der Waals surface area contributed by atoms with Crippen LogP contribution in [0.5, 0.6) is 0 Å². The Morgan fingerprint density at radius 1 is 1.35 bits per heavy atom. The van der Waals surface area contributed by atoms with Crippen LogP contribution in [0.25, 0.3) is 10.2 Å². The quantitative estimate of drug-likeness (QED) is 0.719. The van der Waals surface area contributed by atoms with E-state index in [0.29, 0.717) is 17.6 Å². The SMILES string of the molecule is Cc1cc(Cl)ccc1NC(=O)C[NH+]1CCC[C@@H]1c1nc2ccccc2s1. The van der Waals surface area contributed by atoms with E-state index in [1.807, 2.05) is 31.2 Å². The number of nitrogens with one attached hydrogen (secondary N) is 2. The van der Waals surface area contributed by atoms with E-state index >= 15 is 0 Å². The number of para-hydroxylation sites is 1. The minimum Gasteiger partial charge on any atom is -0.321 e. The number of hydrogen-bond donors (Lipinski definition) is 2. The molecule has 2 atom stereocenters. The third-order valence-electron chi connectivity index (χ3n) is 4.94. The van der Waals surface area contributed by atoms with Gasteiger partial charge in [-0.2, -0.15) is 0 Å². The molecule has 0 saturated carbocycles. The van der Waals surface area contributed by atoms with Crippen LogP contribution in [-0.4, -0.2) is 24.0 Å². The Kier molecular flexibility index (Phi) is 4.94. The molecule has 0 radical (unpaired) electrons. The molecule has 1 aliphatic heterocycles. The highest BCUT2D eigenvalue weighted by Crippen LogP contribution is 2.28. The molecular formula is C20H21ClN3OS+. The van der Waals surface area contributed by atoms with E-state index in [4.69, 9.17) is 16.6 Å². The second kappa shape index (κ2) is 7.35. The normalized spacial score (nSPS) is 19.8. The Balaban J connectivity index is 1.47. The molecule has 1 amide bonds. The van der Waals surface area contributed by atoms with Crippen molar-refractivity contribution in [3.05, 3.63) is 58.1 Å². The number of halogens is 1. The summed E-state index contributed by atoms with van der Waals surface area (Å²) in [7, 11) is 0. The number of fused-ring (bicyclic) bond motifs is 1.